The van der Waals surface area contributed by atoms with Crippen molar-refractivity contribution in [2.75, 3.05) is 31.8 Å². The molecule has 3 aromatic heterocycles. The number of nitrogens with one attached hydrogen (secondary N) is 2. The summed E-state index contributed by atoms with van der Waals surface area (Å²) in [5.74, 6) is 2.52. The minimum absolute atomic E-state index is 0.214. The van der Waals surface area contributed by atoms with Crippen molar-refractivity contribution < 1.29 is 9.47 Å². The highest BCUT2D eigenvalue weighted by Crippen LogP contribution is 2.36. The molecule has 3 heterocycles. The smallest absolute Gasteiger partial charge is 0.229 e. The molecule has 34 heavy (non-hydrogen) atoms. The van der Waals surface area contributed by atoms with Crippen LogP contribution in [0, 0.1) is 0 Å². The fourth-order valence-electron chi connectivity index (χ4n) is 3.96. The summed E-state index contributed by atoms with van der Waals surface area (Å²) in [5, 5.41) is 11.7. The summed E-state index contributed by atoms with van der Waals surface area (Å²) in [7, 11) is 7.71. The molecule has 5 rings (SSSR count). The van der Waals surface area contributed by atoms with Crippen molar-refractivity contribution in [3.05, 3.63) is 48.9 Å². The molecular formula is C24H28N8O2. The maximum absolute atomic E-state index is 6.14. The quantitative estimate of drug-likeness (QED) is 0.407. The summed E-state index contributed by atoms with van der Waals surface area (Å²) in [5.41, 5.74) is 2.45. The Balaban J connectivity index is 1.26. The van der Waals surface area contributed by atoms with Crippen LogP contribution in [0.3, 0.4) is 0 Å². The van der Waals surface area contributed by atoms with Gasteiger partial charge in [0, 0.05) is 36.4 Å². The highest BCUT2D eigenvalue weighted by atomic mass is 16.5. The van der Waals surface area contributed by atoms with Crippen LogP contribution in [-0.4, -0.2) is 63.0 Å². The first kappa shape index (κ1) is 21.9. The van der Waals surface area contributed by atoms with Crippen LogP contribution < -0.4 is 20.1 Å². The second kappa shape index (κ2) is 9.14. The van der Waals surface area contributed by atoms with E-state index in [1.165, 1.54) is 0 Å². The second-order valence-corrected chi connectivity index (χ2v) is 8.61. The van der Waals surface area contributed by atoms with E-state index in [1.54, 1.807) is 36.4 Å². The van der Waals surface area contributed by atoms with Crippen molar-refractivity contribution >= 4 is 34.2 Å². The van der Waals surface area contributed by atoms with Gasteiger partial charge in [0.15, 0.2) is 17.1 Å². The van der Waals surface area contributed by atoms with Crippen molar-refractivity contribution in [3.8, 4) is 11.5 Å². The van der Waals surface area contributed by atoms with Crippen molar-refractivity contribution in [2.45, 2.75) is 25.0 Å². The van der Waals surface area contributed by atoms with Gasteiger partial charge in [0.1, 0.15) is 11.9 Å². The number of hydrogen-bond acceptors (Lipinski definition) is 9. The lowest BCUT2D eigenvalue weighted by molar-refractivity contribution is 0.0383. The van der Waals surface area contributed by atoms with Crippen molar-refractivity contribution in [1.82, 2.24) is 29.6 Å². The monoisotopic (exact) mass is 460 g/mol. The molecule has 0 atom stereocenters. The van der Waals surface area contributed by atoms with Gasteiger partial charge >= 0.3 is 0 Å². The number of ether oxygens (including phenoxy) is 2. The predicted molar refractivity (Wildman–Crippen MR) is 131 cm³/mol. The van der Waals surface area contributed by atoms with E-state index in [2.05, 4.69) is 49.7 Å². The van der Waals surface area contributed by atoms with Crippen molar-refractivity contribution in [3.63, 3.8) is 0 Å². The summed E-state index contributed by atoms with van der Waals surface area (Å²) < 4.78 is 13.4. The molecular weight excluding hydrogens is 432 g/mol. The first-order valence-electron chi connectivity index (χ1n) is 11.1. The Morgan fingerprint density at radius 3 is 2.65 bits per heavy atom. The minimum Gasteiger partial charge on any atom is -0.493 e. The van der Waals surface area contributed by atoms with Crippen molar-refractivity contribution in [1.29, 1.82) is 0 Å². The maximum Gasteiger partial charge on any atom is 0.229 e. The number of rotatable bonds is 8. The topological polar surface area (TPSA) is 102 Å². The lowest BCUT2D eigenvalue weighted by atomic mass is 9.88. The van der Waals surface area contributed by atoms with Crippen LogP contribution in [0.4, 0.5) is 23.1 Å². The molecule has 0 spiro atoms. The van der Waals surface area contributed by atoms with Gasteiger partial charge in [0.25, 0.3) is 0 Å². The van der Waals surface area contributed by atoms with E-state index in [0.29, 0.717) is 23.6 Å². The van der Waals surface area contributed by atoms with Crippen molar-refractivity contribution in [2.24, 2.45) is 7.05 Å². The molecule has 1 fully saturated rings. The molecule has 176 valence electrons. The third kappa shape index (κ3) is 4.58. The number of fused-ring (bicyclic) bond motifs is 1. The molecule has 1 saturated carbocycles. The Bertz CT molecular complexity index is 1300. The van der Waals surface area contributed by atoms with Gasteiger partial charge in [-0.15, -0.1) is 0 Å². The molecule has 0 bridgehead atoms. The lowest BCUT2D eigenvalue weighted by Crippen LogP contribution is -2.46. The average molecular weight is 461 g/mol. The Morgan fingerprint density at radius 1 is 1.00 bits per heavy atom. The molecule has 1 aliphatic rings. The van der Waals surface area contributed by atoms with Crippen LogP contribution >= 0.6 is 0 Å². The summed E-state index contributed by atoms with van der Waals surface area (Å²) >= 11 is 0. The SMILES string of the molecule is COc1cc(Nc2nccc(Nc3cnc4c(cnn4C)c3)n2)ccc1OC1CC(N(C)C)C1. The van der Waals surface area contributed by atoms with Crippen LogP contribution in [0.15, 0.2) is 48.9 Å². The third-order valence-corrected chi connectivity index (χ3v) is 6.01. The number of anilines is 4. The highest BCUT2D eigenvalue weighted by molar-refractivity contribution is 5.79. The lowest BCUT2D eigenvalue weighted by Gasteiger charge is -2.39. The van der Waals surface area contributed by atoms with Crippen LogP contribution in [0.25, 0.3) is 11.0 Å². The first-order chi connectivity index (χ1) is 16.5. The van der Waals surface area contributed by atoms with E-state index in [-0.39, 0.29) is 6.10 Å². The largest absolute Gasteiger partial charge is 0.493 e. The van der Waals surface area contributed by atoms with E-state index in [0.717, 1.165) is 41.0 Å². The van der Waals surface area contributed by atoms with E-state index >= 15 is 0 Å². The number of aryl methyl sites for hydroxylation is 1. The average Bonchev–Trinajstić information content (AvgIpc) is 3.16. The van der Waals surface area contributed by atoms with E-state index in [4.69, 9.17) is 9.47 Å². The zero-order valence-corrected chi connectivity index (χ0v) is 19.7. The highest BCUT2D eigenvalue weighted by Gasteiger charge is 2.32. The number of nitrogens with zero attached hydrogens (tertiary/aromatic N) is 6. The molecule has 0 aliphatic heterocycles. The minimum atomic E-state index is 0.214. The Labute approximate surface area is 197 Å². The van der Waals surface area contributed by atoms with Gasteiger partial charge in [-0.2, -0.15) is 10.1 Å². The van der Waals surface area contributed by atoms with Gasteiger partial charge in [0.05, 0.1) is 25.2 Å². The molecule has 4 aromatic rings. The van der Waals surface area contributed by atoms with E-state index in [1.807, 2.05) is 31.3 Å². The number of benzene rings is 1. The van der Waals surface area contributed by atoms with Gasteiger partial charge in [-0.25, -0.2) is 9.97 Å². The molecule has 0 amide bonds. The summed E-state index contributed by atoms with van der Waals surface area (Å²) in [6.07, 6.45) is 7.49. The Morgan fingerprint density at radius 2 is 1.85 bits per heavy atom. The molecule has 2 N–H and O–H groups in total. The normalized spacial score (nSPS) is 17.4. The summed E-state index contributed by atoms with van der Waals surface area (Å²) in [4.78, 5) is 15.6. The van der Waals surface area contributed by atoms with Gasteiger partial charge in [-0.1, -0.05) is 0 Å². The number of aromatic nitrogens is 5. The molecule has 10 heteroatoms. The number of methoxy groups -OCH3 is 1. The molecule has 1 aliphatic carbocycles. The van der Waals surface area contributed by atoms with Gasteiger partial charge < -0.3 is 25.0 Å². The second-order valence-electron chi connectivity index (χ2n) is 8.61. The maximum atomic E-state index is 6.14. The number of pyridine rings is 1. The third-order valence-electron chi connectivity index (χ3n) is 6.01. The molecule has 0 unspecified atom stereocenters. The molecule has 10 nitrogen and oxygen atoms in total. The van der Waals surface area contributed by atoms with Crippen LogP contribution in [0.5, 0.6) is 11.5 Å². The molecule has 1 aromatic carbocycles. The predicted octanol–water partition coefficient (Wildman–Crippen LogP) is 3.73. The van der Waals surface area contributed by atoms with E-state index in [9.17, 15) is 0 Å². The zero-order valence-electron chi connectivity index (χ0n) is 19.7. The van der Waals surface area contributed by atoms with Gasteiger partial charge in [-0.3, -0.25) is 4.68 Å². The summed E-state index contributed by atoms with van der Waals surface area (Å²) in [6.45, 7) is 0. The molecule has 0 saturated heterocycles. The number of hydrogen-bond donors (Lipinski definition) is 2. The first-order valence-corrected chi connectivity index (χ1v) is 11.1. The standard InChI is InChI=1S/C24H28N8O2/c1-31(2)18-11-19(12-18)34-20-6-5-16(10-21(20)33-4)29-24-25-8-7-22(30-24)28-17-9-15-13-27-32(3)23(15)26-14-17/h5-10,13-14,18-19H,11-12H2,1-4H3,(H2,25,28,29,30). The van der Waals surface area contributed by atoms with E-state index < -0.39 is 0 Å². The Kier molecular flexibility index (Phi) is 5.89. The van der Waals surface area contributed by atoms with Gasteiger partial charge in [0.2, 0.25) is 5.95 Å². The molecule has 0 radical (unpaired) electrons. The Hall–Kier alpha value is -3.92. The fraction of sp³-hybridized carbons (Fsp3) is 0.333. The summed E-state index contributed by atoms with van der Waals surface area (Å²) in [6, 6.07) is 10.1. The zero-order chi connectivity index (χ0) is 23.7. The van der Waals surface area contributed by atoms with Crippen LogP contribution in [0.2, 0.25) is 0 Å². The van der Waals surface area contributed by atoms with Crippen LogP contribution in [-0.2, 0) is 7.05 Å². The fourth-order valence-corrected chi connectivity index (χ4v) is 3.96. The van der Waals surface area contributed by atoms with Crippen LogP contribution in [0.1, 0.15) is 12.8 Å². The van der Waals surface area contributed by atoms with Gasteiger partial charge in [-0.05, 0) is 51.2 Å².